The molecule has 5 nitrogen and oxygen atoms in total. The van der Waals surface area contributed by atoms with Crippen LogP contribution in [0.4, 0.5) is 24.5 Å². The Kier molecular flexibility index (Phi) is 4.03. The van der Waals surface area contributed by atoms with Crippen molar-refractivity contribution >= 4 is 17.2 Å². The molecule has 0 fully saturated rings. The van der Waals surface area contributed by atoms with Crippen molar-refractivity contribution in [2.24, 2.45) is 0 Å². The number of rotatable bonds is 4. The summed E-state index contributed by atoms with van der Waals surface area (Å²) in [6, 6.07) is 4.98. The van der Waals surface area contributed by atoms with Gasteiger partial charge in [-0.1, -0.05) is 0 Å². The van der Waals surface area contributed by atoms with Crippen molar-refractivity contribution in [1.82, 2.24) is 0 Å². The van der Waals surface area contributed by atoms with Crippen LogP contribution in [0.25, 0.3) is 0 Å². The molecule has 0 saturated carbocycles. The molecule has 18 heavy (non-hydrogen) atoms. The molecule has 0 aromatic heterocycles. The Morgan fingerprint density at radius 1 is 1.28 bits per heavy atom. The Bertz CT molecular complexity index is 480. The third-order valence-corrected chi connectivity index (χ3v) is 1.84. The highest BCUT2D eigenvalue weighted by atomic mass is 19.4. The Hall–Kier alpha value is -2.38. The van der Waals surface area contributed by atoms with Gasteiger partial charge in [-0.2, -0.15) is 13.2 Å². The van der Waals surface area contributed by atoms with Gasteiger partial charge in [-0.3, -0.25) is 14.9 Å². The second-order valence-corrected chi connectivity index (χ2v) is 3.14. The lowest BCUT2D eigenvalue weighted by Crippen LogP contribution is -2.20. The van der Waals surface area contributed by atoms with Gasteiger partial charge in [0.05, 0.1) is 4.92 Å². The number of carbonyl (C=O) groups is 1. The van der Waals surface area contributed by atoms with Gasteiger partial charge in [0.2, 0.25) is 0 Å². The number of hydrogen-bond acceptors (Lipinski definition) is 4. The van der Waals surface area contributed by atoms with Gasteiger partial charge in [-0.15, -0.1) is 0 Å². The largest absolute Gasteiger partial charge is 0.454 e. The molecule has 1 N–H and O–H groups in total. The summed E-state index contributed by atoms with van der Waals surface area (Å²) in [4.78, 5) is 20.2. The van der Waals surface area contributed by atoms with Crippen LogP contribution in [0.2, 0.25) is 0 Å². The van der Waals surface area contributed by atoms with Crippen LogP contribution in [0.3, 0.4) is 0 Å². The molecule has 0 aliphatic heterocycles. The summed E-state index contributed by atoms with van der Waals surface area (Å²) in [5.74, 6) is -1.99. The summed E-state index contributed by atoms with van der Waals surface area (Å²) >= 11 is 0. The first-order valence-electron chi connectivity index (χ1n) is 4.59. The van der Waals surface area contributed by atoms with E-state index in [-0.39, 0.29) is 5.69 Å². The Balaban J connectivity index is 2.62. The van der Waals surface area contributed by atoms with Crippen LogP contribution in [0.1, 0.15) is 0 Å². The number of nitro groups is 1. The van der Waals surface area contributed by atoms with Gasteiger partial charge < -0.3 is 5.32 Å². The standard InChI is InChI=1S/C10H7F3N2O3/c11-10(12,13)9(16)5-6-14-7-1-3-8(4-2-7)15(17)18/h1-6,14H/b6-5+. The average molecular weight is 260 g/mol. The lowest BCUT2D eigenvalue weighted by Gasteiger charge is -2.01. The summed E-state index contributed by atoms with van der Waals surface area (Å²) in [6.07, 6.45) is -3.76. The van der Waals surface area contributed by atoms with Crippen molar-refractivity contribution in [3.8, 4) is 0 Å². The van der Waals surface area contributed by atoms with Gasteiger partial charge >= 0.3 is 6.18 Å². The predicted octanol–water partition coefficient (Wildman–Crippen LogP) is 2.65. The Morgan fingerprint density at radius 2 is 1.83 bits per heavy atom. The fourth-order valence-corrected chi connectivity index (χ4v) is 0.987. The summed E-state index contributed by atoms with van der Waals surface area (Å²) in [7, 11) is 0. The number of hydrogen-bond donors (Lipinski definition) is 1. The molecule has 96 valence electrons. The summed E-state index contributed by atoms with van der Waals surface area (Å²) in [6.45, 7) is 0. The molecule has 0 heterocycles. The lowest BCUT2D eigenvalue weighted by atomic mass is 10.3. The van der Waals surface area contributed by atoms with Crippen LogP contribution in [-0.2, 0) is 4.79 Å². The molecule has 0 amide bonds. The molecule has 1 aromatic carbocycles. The first kappa shape index (κ1) is 13.7. The number of non-ortho nitro benzene ring substituents is 1. The molecule has 0 saturated heterocycles. The number of nitro benzene ring substituents is 1. The second kappa shape index (κ2) is 5.30. The van der Waals surface area contributed by atoms with Crippen molar-refractivity contribution in [2.45, 2.75) is 6.18 Å². The molecular weight excluding hydrogens is 253 g/mol. The highest BCUT2D eigenvalue weighted by Gasteiger charge is 2.35. The first-order valence-corrected chi connectivity index (χ1v) is 4.59. The van der Waals surface area contributed by atoms with E-state index in [1.807, 2.05) is 0 Å². The molecule has 0 radical (unpaired) electrons. The van der Waals surface area contributed by atoms with Gasteiger partial charge in [-0.25, -0.2) is 0 Å². The molecule has 0 spiro atoms. The molecule has 8 heteroatoms. The lowest BCUT2D eigenvalue weighted by molar-refractivity contribution is -0.384. The van der Waals surface area contributed by atoms with Crippen molar-refractivity contribution in [3.05, 3.63) is 46.7 Å². The van der Waals surface area contributed by atoms with Crippen LogP contribution in [0.15, 0.2) is 36.5 Å². The van der Waals surface area contributed by atoms with Crippen molar-refractivity contribution in [2.75, 3.05) is 5.32 Å². The number of carbonyl (C=O) groups excluding carboxylic acids is 1. The van der Waals surface area contributed by atoms with Crippen LogP contribution < -0.4 is 5.32 Å². The van der Waals surface area contributed by atoms with Crippen LogP contribution in [0, 0.1) is 10.1 Å². The number of benzene rings is 1. The van der Waals surface area contributed by atoms with Crippen LogP contribution >= 0.6 is 0 Å². The zero-order valence-corrected chi connectivity index (χ0v) is 8.77. The molecular formula is C10H7F3N2O3. The molecule has 1 aromatic rings. The van der Waals surface area contributed by atoms with Crippen LogP contribution in [-0.4, -0.2) is 16.9 Å². The maximum absolute atomic E-state index is 11.8. The number of ketones is 1. The smallest absolute Gasteiger partial charge is 0.362 e. The second-order valence-electron chi connectivity index (χ2n) is 3.14. The summed E-state index contributed by atoms with van der Waals surface area (Å²) in [5, 5.41) is 12.7. The van der Waals surface area contributed by atoms with Gasteiger partial charge in [0.1, 0.15) is 0 Å². The van der Waals surface area contributed by atoms with E-state index >= 15 is 0 Å². The van der Waals surface area contributed by atoms with Crippen molar-refractivity contribution < 1.29 is 22.9 Å². The average Bonchev–Trinajstić information content (AvgIpc) is 2.28. The van der Waals surface area contributed by atoms with Gasteiger partial charge in [0.25, 0.3) is 11.5 Å². The predicted molar refractivity (Wildman–Crippen MR) is 56.9 cm³/mol. The summed E-state index contributed by atoms with van der Waals surface area (Å²) < 4.78 is 35.4. The normalized spacial score (nSPS) is 11.5. The van der Waals surface area contributed by atoms with E-state index < -0.39 is 16.9 Å². The molecule has 0 aliphatic carbocycles. The van der Waals surface area contributed by atoms with Gasteiger partial charge in [0, 0.05) is 30.1 Å². The molecule has 1 rings (SSSR count). The highest BCUT2D eigenvalue weighted by molar-refractivity contribution is 5.94. The maximum Gasteiger partial charge on any atom is 0.454 e. The monoisotopic (exact) mass is 260 g/mol. The van der Waals surface area contributed by atoms with E-state index in [4.69, 9.17) is 0 Å². The molecule has 0 unspecified atom stereocenters. The number of allylic oxidation sites excluding steroid dienone is 1. The van der Waals surface area contributed by atoms with E-state index in [2.05, 4.69) is 5.32 Å². The number of nitrogens with one attached hydrogen (secondary N) is 1. The molecule has 0 bridgehead atoms. The Labute approximate surface area is 99.1 Å². The fraction of sp³-hybridized carbons (Fsp3) is 0.100. The van der Waals surface area contributed by atoms with Gasteiger partial charge in [0.15, 0.2) is 0 Å². The molecule has 0 atom stereocenters. The van der Waals surface area contributed by atoms with E-state index in [0.717, 1.165) is 6.20 Å². The number of anilines is 1. The number of alkyl halides is 3. The third-order valence-electron chi connectivity index (χ3n) is 1.84. The van der Waals surface area contributed by atoms with E-state index in [9.17, 15) is 28.1 Å². The fourth-order valence-electron chi connectivity index (χ4n) is 0.987. The third kappa shape index (κ3) is 3.89. The quantitative estimate of drug-likeness (QED) is 0.513. The van der Waals surface area contributed by atoms with Crippen molar-refractivity contribution in [1.29, 1.82) is 0 Å². The van der Waals surface area contributed by atoms with Crippen LogP contribution in [0.5, 0.6) is 0 Å². The first-order chi connectivity index (χ1) is 8.30. The Morgan fingerprint density at radius 3 is 2.28 bits per heavy atom. The minimum Gasteiger partial charge on any atom is -0.362 e. The zero-order chi connectivity index (χ0) is 13.8. The maximum atomic E-state index is 11.8. The number of nitrogens with zero attached hydrogens (tertiary/aromatic N) is 1. The minimum atomic E-state index is -4.91. The van der Waals surface area contributed by atoms with Gasteiger partial charge in [-0.05, 0) is 12.1 Å². The topological polar surface area (TPSA) is 72.2 Å². The van der Waals surface area contributed by atoms with Crippen molar-refractivity contribution in [3.63, 3.8) is 0 Å². The highest BCUT2D eigenvalue weighted by Crippen LogP contribution is 2.17. The summed E-state index contributed by atoms with van der Waals surface area (Å²) in [5.41, 5.74) is 0.183. The SMILES string of the molecule is O=C(/C=C/Nc1ccc([N+](=O)[O-])cc1)C(F)(F)F. The van der Waals surface area contributed by atoms with E-state index in [1.165, 1.54) is 24.3 Å². The molecule has 0 aliphatic rings. The minimum absolute atomic E-state index is 0.143. The van der Waals surface area contributed by atoms with E-state index in [1.54, 1.807) is 0 Å². The zero-order valence-electron chi connectivity index (χ0n) is 8.77. The number of halogens is 3. The van der Waals surface area contributed by atoms with E-state index in [0.29, 0.717) is 11.8 Å².